The number of hydrogen-bond acceptors (Lipinski definition) is 5. The van der Waals surface area contributed by atoms with Crippen molar-refractivity contribution in [1.29, 1.82) is 0 Å². The standard InChI is InChI=1S/C26H27NO4/c1-17-9-6-7-12-20(17)24-23(18(2)27-21-13-8-14-22(28)25(21)24)26(29)31-16-15-30-19-10-4-3-5-11-19/h3-7,9-12,24,27H,8,13-16H2,1-2H3/t24-/m0/s1. The van der Waals surface area contributed by atoms with E-state index in [1.54, 1.807) is 0 Å². The first kappa shape index (κ1) is 20.9. The predicted molar refractivity (Wildman–Crippen MR) is 119 cm³/mol. The lowest BCUT2D eigenvalue weighted by atomic mass is 9.74. The lowest BCUT2D eigenvalue weighted by molar-refractivity contribution is -0.140. The number of carbonyl (C=O) groups excluding carboxylic acids is 2. The van der Waals surface area contributed by atoms with E-state index >= 15 is 0 Å². The second kappa shape index (κ2) is 9.21. The van der Waals surface area contributed by atoms with Gasteiger partial charge in [0.25, 0.3) is 0 Å². The number of para-hydroxylation sites is 1. The fraction of sp³-hybridized carbons (Fsp3) is 0.308. The maximum atomic E-state index is 13.2. The Morgan fingerprint density at radius 3 is 2.52 bits per heavy atom. The van der Waals surface area contributed by atoms with Gasteiger partial charge >= 0.3 is 5.97 Å². The summed E-state index contributed by atoms with van der Waals surface area (Å²) in [4.78, 5) is 26.1. The molecule has 0 amide bonds. The number of rotatable bonds is 6. The molecule has 0 saturated carbocycles. The molecule has 2 aromatic carbocycles. The van der Waals surface area contributed by atoms with Crippen LogP contribution < -0.4 is 10.1 Å². The number of esters is 1. The van der Waals surface area contributed by atoms with Crippen LogP contribution in [0.4, 0.5) is 0 Å². The number of ether oxygens (including phenoxy) is 2. The third-order valence-electron chi connectivity index (χ3n) is 5.82. The Hall–Kier alpha value is -3.34. The minimum atomic E-state index is -0.417. The second-order valence-electron chi connectivity index (χ2n) is 7.92. The van der Waals surface area contributed by atoms with Gasteiger partial charge in [-0.05, 0) is 49.9 Å². The van der Waals surface area contributed by atoms with Crippen LogP contribution in [0.25, 0.3) is 0 Å². The van der Waals surface area contributed by atoms with E-state index in [4.69, 9.17) is 9.47 Å². The zero-order valence-corrected chi connectivity index (χ0v) is 17.9. The zero-order valence-electron chi connectivity index (χ0n) is 17.9. The molecule has 31 heavy (non-hydrogen) atoms. The van der Waals surface area contributed by atoms with Crippen LogP contribution >= 0.6 is 0 Å². The highest BCUT2D eigenvalue weighted by Gasteiger charge is 2.39. The summed E-state index contributed by atoms with van der Waals surface area (Å²) in [6, 6.07) is 17.3. The SMILES string of the molecule is CC1=C(C(=O)OCCOc2ccccc2)[C@H](c2ccccc2C)C2=C(CCCC2=O)N1. The lowest BCUT2D eigenvalue weighted by Crippen LogP contribution is -2.35. The summed E-state index contributed by atoms with van der Waals surface area (Å²) in [7, 11) is 0. The Kier molecular flexibility index (Phi) is 6.21. The topological polar surface area (TPSA) is 64.6 Å². The highest BCUT2D eigenvalue weighted by Crippen LogP contribution is 2.43. The maximum Gasteiger partial charge on any atom is 0.336 e. The van der Waals surface area contributed by atoms with Crippen molar-refractivity contribution in [2.24, 2.45) is 0 Å². The van der Waals surface area contributed by atoms with Gasteiger partial charge in [-0.2, -0.15) is 0 Å². The maximum absolute atomic E-state index is 13.2. The summed E-state index contributed by atoms with van der Waals surface area (Å²) < 4.78 is 11.2. The smallest absolute Gasteiger partial charge is 0.336 e. The van der Waals surface area contributed by atoms with Crippen molar-refractivity contribution in [3.05, 3.63) is 88.3 Å². The number of Topliss-reactive ketones (excluding diaryl/α,β-unsaturated/α-hetero) is 1. The summed E-state index contributed by atoms with van der Waals surface area (Å²) in [5.74, 6) is 0.00788. The van der Waals surface area contributed by atoms with Crippen molar-refractivity contribution in [3.8, 4) is 5.75 Å². The average Bonchev–Trinajstić information content (AvgIpc) is 2.77. The molecule has 1 aliphatic carbocycles. The molecule has 0 bridgehead atoms. The molecule has 1 heterocycles. The molecule has 2 aromatic rings. The average molecular weight is 418 g/mol. The van der Waals surface area contributed by atoms with E-state index in [1.165, 1.54) is 0 Å². The molecule has 1 aliphatic heterocycles. The van der Waals surface area contributed by atoms with E-state index in [2.05, 4.69) is 5.32 Å². The number of ketones is 1. The first-order valence-corrected chi connectivity index (χ1v) is 10.7. The Labute approximate surface area is 182 Å². The van der Waals surface area contributed by atoms with E-state index in [-0.39, 0.29) is 19.0 Å². The molecular formula is C26H27NO4. The minimum absolute atomic E-state index is 0.104. The second-order valence-corrected chi connectivity index (χ2v) is 7.92. The molecule has 5 nitrogen and oxygen atoms in total. The first-order valence-electron chi connectivity index (χ1n) is 10.7. The van der Waals surface area contributed by atoms with Crippen molar-refractivity contribution in [2.75, 3.05) is 13.2 Å². The van der Waals surface area contributed by atoms with Crippen molar-refractivity contribution in [1.82, 2.24) is 5.32 Å². The Morgan fingerprint density at radius 2 is 1.74 bits per heavy atom. The van der Waals surface area contributed by atoms with E-state index in [9.17, 15) is 9.59 Å². The molecule has 0 aromatic heterocycles. The van der Waals surface area contributed by atoms with Crippen LogP contribution in [0.15, 0.2) is 77.1 Å². The van der Waals surface area contributed by atoms with E-state index in [0.29, 0.717) is 17.6 Å². The van der Waals surface area contributed by atoms with Crippen LogP contribution in [-0.2, 0) is 14.3 Å². The summed E-state index contributed by atoms with van der Waals surface area (Å²) in [6.45, 7) is 4.28. The molecule has 0 fully saturated rings. The van der Waals surface area contributed by atoms with E-state index < -0.39 is 11.9 Å². The van der Waals surface area contributed by atoms with E-state index in [1.807, 2.05) is 68.4 Å². The van der Waals surface area contributed by atoms with Crippen molar-refractivity contribution in [3.63, 3.8) is 0 Å². The first-order chi connectivity index (χ1) is 15.1. The van der Waals surface area contributed by atoms with Gasteiger partial charge in [-0.3, -0.25) is 4.79 Å². The molecule has 1 N–H and O–H groups in total. The van der Waals surface area contributed by atoms with Gasteiger partial charge in [0, 0.05) is 29.3 Å². The van der Waals surface area contributed by atoms with Gasteiger partial charge in [-0.1, -0.05) is 42.5 Å². The third-order valence-corrected chi connectivity index (χ3v) is 5.82. The van der Waals surface area contributed by atoms with Crippen molar-refractivity contribution < 1.29 is 19.1 Å². The van der Waals surface area contributed by atoms with Gasteiger partial charge in [0.1, 0.15) is 19.0 Å². The predicted octanol–water partition coefficient (Wildman–Crippen LogP) is 4.59. The number of allylic oxidation sites excluding steroid dienone is 3. The summed E-state index contributed by atoms with van der Waals surface area (Å²) in [5, 5.41) is 3.32. The molecule has 2 aliphatic rings. The molecule has 4 rings (SSSR count). The fourth-order valence-corrected chi connectivity index (χ4v) is 4.36. The molecule has 5 heteroatoms. The molecule has 1 atom stereocenters. The number of nitrogens with one attached hydrogen (secondary N) is 1. The van der Waals surface area contributed by atoms with Crippen LogP contribution in [0.1, 0.15) is 43.2 Å². The van der Waals surface area contributed by atoms with Gasteiger partial charge in [-0.25, -0.2) is 4.79 Å². The van der Waals surface area contributed by atoms with Gasteiger partial charge in [-0.15, -0.1) is 0 Å². The highest BCUT2D eigenvalue weighted by atomic mass is 16.6. The molecule has 0 unspecified atom stereocenters. The molecular weight excluding hydrogens is 390 g/mol. The monoisotopic (exact) mass is 417 g/mol. The van der Waals surface area contributed by atoms with E-state index in [0.717, 1.165) is 41.1 Å². The fourth-order valence-electron chi connectivity index (χ4n) is 4.36. The van der Waals surface area contributed by atoms with Crippen molar-refractivity contribution >= 4 is 11.8 Å². The quantitative estimate of drug-likeness (QED) is 0.550. The summed E-state index contributed by atoms with van der Waals surface area (Å²) in [6.07, 6.45) is 2.15. The Bertz CT molecular complexity index is 1050. The van der Waals surface area contributed by atoms with Gasteiger partial charge in [0.05, 0.1) is 5.57 Å². The minimum Gasteiger partial charge on any atom is -0.490 e. The number of aryl methyl sites for hydroxylation is 1. The van der Waals surface area contributed by atoms with Gasteiger partial charge < -0.3 is 14.8 Å². The zero-order chi connectivity index (χ0) is 21.8. The number of dihydropyridines is 1. The van der Waals surface area contributed by atoms with Crippen molar-refractivity contribution in [2.45, 2.75) is 39.0 Å². The van der Waals surface area contributed by atoms with Crippen LogP contribution in [-0.4, -0.2) is 25.0 Å². The molecule has 160 valence electrons. The molecule has 0 saturated heterocycles. The number of carbonyl (C=O) groups is 2. The van der Waals surface area contributed by atoms with Crippen LogP contribution in [0, 0.1) is 6.92 Å². The van der Waals surface area contributed by atoms with Crippen LogP contribution in [0.3, 0.4) is 0 Å². The molecule has 0 radical (unpaired) electrons. The number of benzene rings is 2. The van der Waals surface area contributed by atoms with Gasteiger partial charge in [0.15, 0.2) is 5.78 Å². The Balaban J connectivity index is 1.57. The summed E-state index contributed by atoms with van der Waals surface area (Å²) in [5.41, 5.74) is 4.91. The largest absolute Gasteiger partial charge is 0.490 e. The van der Waals surface area contributed by atoms with Crippen LogP contribution in [0.2, 0.25) is 0 Å². The highest BCUT2D eigenvalue weighted by molar-refractivity contribution is 6.03. The third kappa shape index (κ3) is 4.41. The normalized spacial score (nSPS) is 18.4. The molecule has 0 spiro atoms. The van der Waals surface area contributed by atoms with Gasteiger partial charge in [0.2, 0.25) is 0 Å². The Morgan fingerprint density at radius 1 is 1.00 bits per heavy atom. The van der Waals surface area contributed by atoms with Crippen LogP contribution in [0.5, 0.6) is 5.75 Å². The summed E-state index contributed by atoms with van der Waals surface area (Å²) >= 11 is 0. The lowest BCUT2D eigenvalue weighted by Gasteiger charge is -2.34. The number of hydrogen-bond donors (Lipinski definition) is 1.